The van der Waals surface area contributed by atoms with Crippen LogP contribution in [0.1, 0.15) is 59.9 Å². The number of nitrogens with one attached hydrogen (secondary N) is 1. The van der Waals surface area contributed by atoms with Crippen LogP contribution < -0.4 is 15.1 Å². The van der Waals surface area contributed by atoms with E-state index >= 15 is 0 Å². The molecule has 196 valence electrons. The first kappa shape index (κ1) is 25.8. The highest BCUT2D eigenvalue weighted by Gasteiger charge is 2.53. The van der Waals surface area contributed by atoms with E-state index in [-0.39, 0.29) is 30.9 Å². The molecule has 1 N–H and O–H groups in total. The quantitative estimate of drug-likeness (QED) is 0.590. The second kappa shape index (κ2) is 8.97. The van der Waals surface area contributed by atoms with E-state index in [0.717, 1.165) is 11.3 Å². The normalized spacial score (nSPS) is 22.4. The van der Waals surface area contributed by atoms with Crippen molar-refractivity contribution in [3.63, 3.8) is 0 Å². The van der Waals surface area contributed by atoms with E-state index in [4.69, 9.17) is 9.47 Å². The van der Waals surface area contributed by atoms with Gasteiger partial charge in [0.2, 0.25) is 11.8 Å². The minimum absolute atomic E-state index is 0.117. The summed E-state index contributed by atoms with van der Waals surface area (Å²) in [6.07, 6.45) is -0.316. The van der Waals surface area contributed by atoms with Gasteiger partial charge in [0.25, 0.3) is 0 Å². The van der Waals surface area contributed by atoms with Crippen molar-refractivity contribution in [2.45, 2.75) is 71.0 Å². The van der Waals surface area contributed by atoms with Crippen LogP contribution in [0.5, 0.6) is 0 Å². The maximum absolute atomic E-state index is 13.2. The Morgan fingerprint density at radius 2 is 1.53 bits per heavy atom. The van der Waals surface area contributed by atoms with Crippen LogP contribution in [0.25, 0.3) is 0 Å². The molecule has 0 aliphatic carbocycles. The fourth-order valence-corrected chi connectivity index (χ4v) is 4.90. The van der Waals surface area contributed by atoms with Gasteiger partial charge in [-0.15, -0.1) is 0 Å². The van der Waals surface area contributed by atoms with Gasteiger partial charge in [-0.3, -0.25) is 19.8 Å². The highest BCUT2D eigenvalue weighted by Crippen LogP contribution is 2.47. The van der Waals surface area contributed by atoms with Crippen LogP contribution in [0.15, 0.2) is 18.2 Å². The number of amides is 4. The lowest BCUT2D eigenvalue weighted by Gasteiger charge is -2.37. The molecule has 2 saturated heterocycles. The number of ether oxygens (including phenoxy) is 2. The van der Waals surface area contributed by atoms with E-state index in [1.165, 1.54) is 4.90 Å². The van der Waals surface area contributed by atoms with Gasteiger partial charge in [0, 0.05) is 44.8 Å². The summed E-state index contributed by atoms with van der Waals surface area (Å²) in [6.45, 7) is 13.3. The SMILES string of the molecule is CC(C)(C)OC(=O)N1CCN(c2ccc3c(c2)N(C(=O)OC(C)(C)C)CC32CCC(=O)NC2=O)CC1. The van der Waals surface area contributed by atoms with Crippen LogP contribution >= 0.6 is 0 Å². The first-order valence-electron chi connectivity index (χ1n) is 12.4. The Morgan fingerprint density at radius 3 is 2.11 bits per heavy atom. The molecule has 10 nitrogen and oxygen atoms in total. The van der Waals surface area contributed by atoms with Crippen molar-refractivity contribution < 1.29 is 28.7 Å². The van der Waals surface area contributed by atoms with Gasteiger partial charge in [-0.05, 0) is 65.7 Å². The Labute approximate surface area is 211 Å². The fraction of sp³-hybridized carbons (Fsp3) is 0.615. The molecular formula is C26H36N4O6. The second-order valence-electron chi connectivity index (χ2n) is 11.7. The Bertz CT molecular complexity index is 1080. The van der Waals surface area contributed by atoms with Gasteiger partial charge in [0.05, 0.1) is 11.1 Å². The molecule has 36 heavy (non-hydrogen) atoms. The van der Waals surface area contributed by atoms with E-state index < -0.39 is 22.7 Å². The first-order chi connectivity index (χ1) is 16.7. The molecule has 4 amide bonds. The van der Waals surface area contributed by atoms with E-state index in [9.17, 15) is 19.2 Å². The first-order valence-corrected chi connectivity index (χ1v) is 12.4. The van der Waals surface area contributed by atoms with Crippen molar-refractivity contribution in [2.75, 3.05) is 42.5 Å². The standard InChI is InChI=1S/C26H36N4O6/c1-24(2,3)35-22(33)29-13-11-28(12-14-29)17-7-8-18-19(15-17)30(23(34)36-25(4,5)6)16-26(18)10-9-20(31)27-21(26)32/h7-8,15H,9-14,16H2,1-6H3,(H,27,31,32). The van der Waals surface area contributed by atoms with Crippen molar-refractivity contribution in [3.05, 3.63) is 23.8 Å². The van der Waals surface area contributed by atoms with Crippen molar-refractivity contribution >= 4 is 35.4 Å². The average molecular weight is 501 g/mol. The van der Waals surface area contributed by atoms with Gasteiger partial charge >= 0.3 is 12.2 Å². The molecule has 0 saturated carbocycles. The number of nitrogens with zero attached hydrogens (tertiary/aromatic N) is 3. The molecular weight excluding hydrogens is 464 g/mol. The summed E-state index contributed by atoms with van der Waals surface area (Å²) < 4.78 is 11.1. The molecule has 4 rings (SSSR count). The molecule has 3 aliphatic heterocycles. The smallest absolute Gasteiger partial charge is 0.414 e. The monoisotopic (exact) mass is 500 g/mol. The molecule has 1 spiro atoms. The van der Waals surface area contributed by atoms with Crippen LogP contribution in [0.2, 0.25) is 0 Å². The third-order valence-electron chi connectivity index (χ3n) is 6.59. The average Bonchev–Trinajstić information content (AvgIpc) is 3.09. The molecule has 1 aromatic rings. The van der Waals surface area contributed by atoms with E-state index in [2.05, 4.69) is 10.2 Å². The summed E-state index contributed by atoms with van der Waals surface area (Å²) in [5, 5.41) is 2.45. The summed E-state index contributed by atoms with van der Waals surface area (Å²) >= 11 is 0. The Morgan fingerprint density at radius 1 is 0.917 bits per heavy atom. The number of rotatable bonds is 1. The number of piperazine rings is 1. The summed E-state index contributed by atoms with van der Waals surface area (Å²) in [4.78, 5) is 55.9. The molecule has 1 unspecified atom stereocenters. The van der Waals surface area contributed by atoms with Crippen LogP contribution in [-0.4, -0.2) is 72.8 Å². The van der Waals surface area contributed by atoms with Crippen molar-refractivity contribution in [2.24, 2.45) is 0 Å². The van der Waals surface area contributed by atoms with Gasteiger partial charge in [-0.2, -0.15) is 0 Å². The zero-order valence-electron chi connectivity index (χ0n) is 22.0. The van der Waals surface area contributed by atoms with Gasteiger partial charge in [-0.1, -0.05) is 6.07 Å². The molecule has 0 aromatic heterocycles. The minimum Gasteiger partial charge on any atom is -0.444 e. The predicted molar refractivity (Wildman–Crippen MR) is 134 cm³/mol. The van der Waals surface area contributed by atoms with Gasteiger partial charge < -0.3 is 19.3 Å². The molecule has 10 heteroatoms. The molecule has 3 heterocycles. The van der Waals surface area contributed by atoms with E-state index in [1.807, 2.05) is 39.0 Å². The highest BCUT2D eigenvalue weighted by atomic mass is 16.6. The maximum Gasteiger partial charge on any atom is 0.414 e. The Balaban J connectivity index is 1.59. The Kier molecular flexibility index (Phi) is 6.43. The molecule has 0 bridgehead atoms. The summed E-state index contributed by atoms with van der Waals surface area (Å²) in [5.41, 5.74) is -0.0296. The number of imide groups is 1. The highest BCUT2D eigenvalue weighted by molar-refractivity contribution is 6.08. The number of anilines is 2. The van der Waals surface area contributed by atoms with Gasteiger partial charge in [0.1, 0.15) is 11.2 Å². The third-order valence-corrected chi connectivity index (χ3v) is 6.59. The summed E-state index contributed by atoms with van der Waals surface area (Å²) in [6, 6.07) is 5.72. The zero-order chi connectivity index (χ0) is 26.5. The molecule has 3 aliphatic rings. The van der Waals surface area contributed by atoms with Gasteiger partial charge in [-0.25, -0.2) is 9.59 Å². The topological polar surface area (TPSA) is 108 Å². The van der Waals surface area contributed by atoms with Crippen molar-refractivity contribution in [3.8, 4) is 0 Å². The largest absolute Gasteiger partial charge is 0.444 e. The molecule has 1 aromatic carbocycles. The second-order valence-corrected chi connectivity index (χ2v) is 11.7. The number of fused-ring (bicyclic) bond motifs is 2. The molecule has 2 fully saturated rings. The number of benzene rings is 1. The van der Waals surface area contributed by atoms with Crippen LogP contribution in [0.4, 0.5) is 21.0 Å². The summed E-state index contributed by atoms with van der Waals surface area (Å²) in [7, 11) is 0. The molecule has 0 radical (unpaired) electrons. The summed E-state index contributed by atoms with van der Waals surface area (Å²) in [5.74, 6) is -0.688. The lowest BCUT2D eigenvalue weighted by Crippen LogP contribution is -2.54. The predicted octanol–water partition coefficient (Wildman–Crippen LogP) is 3.17. The van der Waals surface area contributed by atoms with Crippen molar-refractivity contribution in [1.29, 1.82) is 0 Å². The van der Waals surface area contributed by atoms with E-state index in [0.29, 0.717) is 38.3 Å². The lowest BCUT2D eigenvalue weighted by atomic mass is 9.75. The Hall–Kier alpha value is -3.30. The third kappa shape index (κ3) is 5.12. The lowest BCUT2D eigenvalue weighted by molar-refractivity contribution is -0.137. The number of hydrogen-bond acceptors (Lipinski definition) is 7. The number of hydrogen-bond donors (Lipinski definition) is 1. The van der Waals surface area contributed by atoms with Crippen LogP contribution in [0, 0.1) is 0 Å². The zero-order valence-corrected chi connectivity index (χ0v) is 22.0. The fourth-order valence-electron chi connectivity index (χ4n) is 4.90. The maximum atomic E-state index is 13.2. The number of carbonyl (C=O) groups excluding carboxylic acids is 4. The van der Waals surface area contributed by atoms with Crippen LogP contribution in [-0.2, 0) is 24.5 Å². The van der Waals surface area contributed by atoms with Crippen molar-refractivity contribution in [1.82, 2.24) is 10.2 Å². The van der Waals surface area contributed by atoms with E-state index in [1.54, 1.807) is 25.7 Å². The number of carbonyl (C=O) groups is 4. The molecule has 1 atom stereocenters. The van der Waals surface area contributed by atoms with Crippen LogP contribution in [0.3, 0.4) is 0 Å². The van der Waals surface area contributed by atoms with Gasteiger partial charge in [0.15, 0.2) is 0 Å². The minimum atomic E-state index is -0.992. The number of piperidine rings is 1.